The van der Waals surface area contributed by atoms with Crippen molar-refractivity contribution in [2.75, 3.05) is 0 Å². The second kappa shape index (κ2) is 12.6. The summed E-state index contributed by atoms with van der Waals surface area (Å²) in [6.07, 6.45) is 0. The number of carbonyl (C=O) groups is 1. The maximum atomic E-state index is 12.6. The Labute approximate surface area is 286 Å². The Kier molecular flexibility index (Phi) is 11.8. The van der Waals surface area contributed by atoms with Crippen LogP contribution in [0, 0.1) is 0 Å². The molecule has 0 fully saturated rings. The maximum Gasteiger partial charge on any atom is 1.00 e. The van der Waals surface area contributed by atoms with E-state index in [-0.39, 0.29) is 125 Å². The molecule has 0 saturated heterocycles. The molecule has 0 aliphatic carbocycles. The van der Waals surface area contributed by atoms with E-state index in [1.165, 1.54) is 48.5 Å². The molecular formula is C20H14K2O11S2. The first-order valence-electron chi connectivity index (χ1n) is 8.82. The zero-order chi connectivity index (χ0) is 23.1. The second-order valence-corrected chi connectivity index (χ2v) is 8.61. The van der Waals surface area contributed by atoms with Crippen LogP contribution < -0.4 is 111 Å². The summed E-state index contributed by atoms with van der Waals surface area (Å²) >= 11 is 0. The van der Waals surface area contributed by atoms with Crippen molar-refractivity contribution >= 4 is 26.8 Å². The topological polar surface area (TPSA) is 191 Å². The summed E-state index contributed by atoms with van der Waals surface area (Å²) in [5, 5.41) is 0. The zero-order valence-electron chi connectivity index (χ0n) is 18.3. The van der Waals surface area contributed by atoms with Crippen LogP contribution in [0.5, 0.6) is 11.5 Å². The predicted octanol–water partition coefficient (Wildman–Crippen LogP) is -4.99. The van der Waals surface area contributed by atoms with E-state index >= 15 is 0 Å². The van der Waals surface area contributed by atoms with Gasteiger partial charge in [-0.25, -0.2) is 21.6 Å². The van der Waals surface area contributed by atoms with Crippen molar-refractivity contribution in [3.05, 3.63) is 95.1 Å². The Morgan fingerprint density at radius 3 is 1.49 bits per heavy atom. The number of hydrogen-bond acceptors (Lipinski definition) is 10. The van der Waals surface area contributed by atoms with E-state index in [1.807, 2.05) is 0 Å². The van der Waals surface area contributed by atoms with Gasteiger partial charge in [-0.3, -0.25) is 0 Å². The van der Waals surface area contributed by atoms with E-state index in [2.05, 4.69) is 8.37 Å². The minimum Gasteiger partial charge on any atom is -0.716 e. The molecular weight excluding hydrogens is 559 g/mol. The Hall–Kier alpha value is -0.217. The van der Waals surface area contributed by atoms with Crippen molar-refractivity contribution in [3.8, 4) is 11.5 Å². The van der Waals surface area contributed by atoms with E-state index in [9.17, 15) is 30.7 Å². The molecule has 35 heavy (non-hydrogen) atoms. The molecule has 1 aliphatic rings. The molecule has 0 saturated carbocycles. The van der Waals surface area contributed by atoms with Crippen LogP contribution in [0.15, 0.2) is 72.8 Å². The molecule has 0 radical (unpaired) electrons. The molecule has 3 aromatic carbocycles. The van der Waals surface area contributed by atoms with Crippen LogP contribution in [0.1, 0.15) is 27.0 Å². The average molecular weight is 573 g/mol. The van der Waals surface area contributed by atoms with Gasteiger partial charge in [-0.1, -0.05) is 42.5 Å². The van der Waals surface area contributed by atoms with E-state index in [0.717, 1.165) is 0 Å². The molecule has 0 amide bonds. The number of benzene rings is 3. The summed E-state index contributed by atoms with van der Waals surface area (Å²) in [7, 11) is -9.96. The largest absolute Gasteiger partial charge is 1.00 e. The van der Waals surface area contributed by atoms with E-state index < -0.39 is 32.4 Å². The smallest absolute Gasteiger partial charge is 0.716 e. The van der Waals surface area contributed by atoms with Gasteiger partial charge < -0.3 is 27.7 Å². The van der Waals surface area contributed by atoms with Gasteiger partial charge in [0, 0.05) is 16.7 Å². The SMILES string of the molecule is O.O=C1OC(c2ccc(OS(=O)(=O)[O-])cc2)(c2ccc(OS(=O)(=O)[O-])cc2)c2ccccc21.[K+].[K+]. The van der Waals surface area contributed by atoms with E-state index in [0.29, 0.717) is 16.7 Å². The molecule has 4 rings (SSSR count). The molecule has 0 unspecified atom stereocenters. The molecule has 0 spiro atoms. The number of rotatable bonds is 6. The first-order chi connectivity index (χ1) is 15.0. The Morgan fingerprint density at radius 2 is 1.09 bits per heavy atom. The number of ether oxygens (including phenoxy) is 1. The van der Waals surface area contributed by atoms with Gasteiger partial charge in [0.05, 0.1) is 5.56 Å². The third kappa shape index (κ3) is 7.43. The molecule has 3 aromatic rings. The zero-order valence-corrected chi connectivity index (χ0v) is 26.2. The predicted molar refractivity (Wildman–Crippen MR) is 109 cm³/mol. The summed E-state index contributed by atoms with van der Waals surface area (Å²) in [6.45, 7) is 0. The van der Waals surface area contributed by atoms with Crippen molar-refractivity contribution in [2.45, 2.75) is 5.60 Å². The van der Waals surface area contributed by atoms with Gasteiger partial charge in [-0.2, -0.15) is 0 Å². The monoisotopic (exact) mass is 572 g/mol. The van der Waals surface area contributed by atoms with Crippen LogP contribution in [0.3, 0.4) is 0 Å². The van der Waals surface area contributed by atoms with Gasteiger partial charge in [0.2, 0.25) is 0 Å². The number of cyclic esters (lactones) is 1. The molecule has 0 bridgehead atoms. The van der Waals surface area contributed by atoms with Gasteiger partial charge in [0.1, 0.15) is 11.5 Å². The van der Waals surface area contributed by atoms with Crippen LogP contribution in [0.4, 0.5) is 0 Å². The number of carbonyl (C=O) groups excluding carboxylic acids is 1. The van der Waals surface area contributed by atoms with E-state index in [1.54, 1.807) is 24.3 Å². The maximum absolute atomic E-state index is 12.6. The summed E-state index contributed by atoms with van der Waals surface area (Å²) in [6, 6.07) is 17.2. The summed E-state index contributed by atoms with van der Waals surface area (Å²) < 4.78 is 79.5. The Bertz CT molecular complexity index is 1330. The van der Waals surface area contributed by atoms with Gasteiger partial charge in [-0.15, -0.1) is 0 Å². The minimum absolute atomic E-state index is 0. The van der Waals surface area contributed by atoms with Gasteiger partial charge >= 0.3 is 109 Å². The summed E-state index contributed by atoms with van der Waals surface area (Å²) in [5.74, 6) is -1.09. The van der Waals surface area contributed by atoms with Gasteiger partial charge in [0.15, 0.2) is 5.60 Å². The standard InChI is InChI=1S/C20H14O10S2.2K.H2O/c21-19-17-3-1-2-4-18(17)20(28-19,13-5-9-15(10-6-13)29-31(22,23)24)14-7-11-16(12-8-14)30-32(25,26)27;;;/h1-12H,(H,22,23,24)(H,25,26,27);;;1H2/q;2*+1;/p-2. The molecule has 0 aromatic heterocycles. The fourth-order valence-corrected chi connectivity index (χ4v) is 4.23. The van der Waals surface area contributed by atoms with Gasteiger partial charge in [0.25, 0.3) is 20.8 Å². The molecule has 1 heterocycles. The third-order valence-electron chi connectivity index (χ3n) is 4.69. The van der Waals surface area contributed by atoms with Crippen molar-refractivity contribution in [1.29, 1.82) is 0 Å². The fraction of sp³-hybridized carbons (Fsp3) is 0.0500. The summed E-state index contributed by atoms with van der Waals surface area (Å²) in [4.78, 5) is 12.6. The van der Waals surface area contributed by atoms with Crippen LogP contribution in [0.2, 0.25) is 0 Å². The first kappa shape index (κ1) is 32.8. The molecule has 2 N–H and O–H groups in total. The number of hydrogen-bond donors (Lipinski definition) is 0. The molecule has 15 heteroatoms. The van der Waals surface area contributed by atoms with Crippen LogP contribution in [-0.4, -0.2) is 37.4 Å². The van der Waals surface area contributed by atoms with Crippen molar-refractivity contribution < 1.29 is 152 Å². The third-order valence-corrected chi connectivity index (χ3v) is 5.48. The van der Waals surface area contributed by atoms with Crippen molar-refractivity contribution in [2.24, 2.45) is 0 Å². The first-order valence-corrected chi connectivity index (χ1v) is 11.5. The van der Waals surface area contributed by atoms with Gasteiger partial charge in [-0.05, 0) is 30.3 Å². The second-order valence-electron chi connectivity index (χ2n) is 6.65. The Morgan fingerprint density at radius 1 is 0.686 bits per heavy atom. The van der Waals surface area contributed by atoms with E-state index in [4.69, 9.17) is 4.74 Å². The minimum atomic E-state index is -4.98. The quantitative estimate of drug-likeness (QED) is 0.120. The average Bonchev–Trinajstić information content (AvgIpc) is 3.01. The normalized spacial score (nSPS) is 13.7. The van der Waals surface area contributed by atoms with Crippen LogP contribution in [0.25, 0.3) is 0 Å². The Balaban J connectivity index is 0.00000204. The number of esters is 1. The molecule has 0 atom stereocenters. The number of fused-ring (bicyclic) bond motifs is 1. The molecule has 11 nitrogen and oxygen atoms in total. The fourth-order valence-electron chi connectivity index (χ4n) is 3.54. The van der Waals surface area contributed by atoms with Crippen LogP contribution in [-0.2, 0) is 31.1 Å². The van der Waals surface area contributed by atoms with Crippen LogP contribution >= 0.6 is 0 Å². The van der Waals surface area contributed by atoms with Crippen molar-refractivity contribution in [3.63, 3.8) is 0 Å². The van der Waals surface area contributed by atoms with Crippen molar-refractivity contribution in [1.82, 2.24) is 0 Å². The molecule has 1 aliphatic heterocycles. The summed E-state index contributed by atoms with van der Waals surface area (Å²) in [5.41, 5.74) is 0.0445. The molecule has 174 valence electrons.